The van der Waals surface area contributed by atoms with E-state index >= 15 is 0 Å². The molecule has 7 heteroatoms. The average molecular weight is 520 g/mol. The molecule has 0 bridgehead atoms. The van der Waals surface area contributed by atoms with Crippen LogP contribution in [-0.4, -0.2) is 17.9 Å². The van der Waals surface area contributed by atoms with E-state index in [-0.39, 0.29) is 53.4 Å². The molecule has 0 aromatic heterocycles. The number of hydrogen-bond donors (Lipinski definition) is 0. The molecule has 28 heavy (non-hydrogen) atoms. The molecule has 0 amide bonds. The zero-order valence-corrected chi connectivity index (χ0v) is 20.5. The van der Waals surface area contributed by atoms with Crippen LogP contribution in [0.15, 0.2) is 0 Å². The summed E-state index contributed by atoms with van der Waals surface area (Å²) in [6.45, 7) is 0. The van der Waals surface area contributed by atoms with Crippen LogP contribution in [0.3, 0.4) is 0 Å². The number of carbonyl (C=O) groups is 3. The predicted octanol–water partition coefficient (Wildman–Crippen LogP) is 0.950. The van der Waals surface area contributed by atoms with Crippen molar-refractivity contribution in [3.05, 3.63) is 0 Å². The van der Waals surface area contributed by atoms with Gasteiger partial charge in [-0.05, 0) is 56.3 Å². The molecule has 0 unspecified atom stereocenters. The van der Waals surface area contributed by atoms with E-state index in [9.17, 15) is 29.7 Å². The van der Waals surface area contributed by atoms with E-state index in [4.69, 9.17) is 0 Å². The van der Waals surface area contributed by atoms with Gasteiger partial charge in [0.1, 0.15) is 0 Å². The smallest absolute Gasteiger partial charge is 0.550 e. The van der Waals surface area contributed by atoms with Gasteiger partial charge in [0.2, 0.25) is 0 Å². The van der Waals surface area contributed by atoms with Crippen LogP contribution >= 0.6 is 0 Å². The van der Waals surface area contributed by atoms with Crippen LogP contribution in [0.25, 0.3) is 0 Å². The van der Waals surface area contributed by atoms with E-state index in [1.807, 2.05) is 0 Å². The van der Waals surface area contributed by atoms with E-state index in [0.29, 0.717) is 0 Å². The maximum absolute atomic E-state index is 10.2. The third-order valence-corrected chi connectivity index (χ3v) is 5.82. The molecule has 0 radical (unpaired) electrons. The topological polar surface area (TPSA) is 120 Å². The monoisotopic (exact) mass is 520 g/mol. The first-order chi connectivity index (χ1) is 12.9. The molecule has 0 aromatic rings. The summed E-state index contributed by atoms with van der Waals surface area (Å²) >= 11 is 0. The van der Waals surface area contributed by atoms with Crippen molar-refractivity contribution in [2.45, 2.75) is 96.3 Å². The summed E-state index contributed by atoms with van der Waals surface area (Å²) in [4.78, 5) is 30.7. The summed E-state index contributed by atoms with van der Waals surface area (Å²) in [6.07, 6.45) is 15.0. The normalized spacial score (nSPS) is 21.0. The molecule has 6 nitrogen and oxygen atoms in total. The summed E-state index contributed by atoms with van der Waals surface area (Å²) in [7, 11) is 0. The quantitative estimate of drug-likeness (QED) is 0.547. The average Bonchev–Trinajstić information content (AvgIpc) is 2.71. The van der Waals surface area contributed by atoms with Gasteiger partial charge in [0.25, 0.3) is 0 Å². The standard InChI is InChI=1S/3C7H12O2.La/c3*8-7(9)6-4-2-1-3-5-6;/h3*6H,1-5H2,(H,8,9);/q;;;+3/p-3. The zero-order chi connectivity index (χ0) is 20.1. The van der Waals surface area contributed by atoms with E-state index in [1.54, 1.807) is 0 Å². The Morgan fingerprint density at radius 2 is 0.607 bits per heavy atom. The second kappa shape index (κ2) is 16.4. The van der Waals surface area contributed by atoms with Crippen molar-refractivity contribution in [2.75, 3.05) is 0 Å². The van der Waals surface area contributed by atoms with Crippen molar-refractivity contribution < 1.29 is 65.3 Å². The minimum Gasteiger partial charge on any atom is -0.550 e. The van der Waals surface area contributed by atoms with Gasteiger partial charge in [-0.3, -0.25) is 0 Å². The maximum Gasteiger partial charge on any atom is 3.00 e. The number of hydrogen-bond acceptors (Lipinski definition) is 6. The number of aliphatic carboxylic acids is 3. The molecule has 0 aliphatic heterocycles. The van der Waals surface area contributed by atoms with Crippen molar-refractivity contribution in [3.8, 4) is 0 Å². The van der Waals surface area contributed by atoms with Crippen LogP contribution in [-0.2, 0) is 14.4 Å². The number of carbonyl (C=O) groups excluding carboxylic acids is 3. The third-order valence-electron chi connectivity index (χ3n) is 5.82. The summed E-state index contributed by atoms with van der Waals surface area (Å²) in [5.41, 5.74) is 0. The number of carboxylic acid groups (broad SMARTS) is 3. The van der Waals surface area contributed by atoms with Gasteiger partial charge in [0.05, 0.1) is 0 Å². The summed E-state index contributed by atoms with van der Waals surface area (Å²) in [6, 6.07) is 0. The van der Waals surface area contributed by atoms with Gasteiger partial charge < -0.3 is 29.7 Å². The van der Waals surface area contributed by atoms with E-state index in [1.165, 1.54) is 19.3 Å². The number of carboxylic acids is 3. The summed E-state index contributed by atoms with van der Waals surface area (Å²) in [5.74, 6) is -2.98. The van der Waals surface area contributed by atoms with Gasteiger partial charge in [-0.25, -0.2) is 0 Å². The van der Waals surface area contributed by atoms with Gasteiger partial charge in [0.15, 0.2) is 0 Å². The summed E-state index contributed by atoms with van der Waals surface area (Å²) < 4.78 is 0. The van der Waals surface area contributed by atoms with Crippen LogP contribution in [0.4, 0.5) is 0 Å². The predicted molar refractivity (Wildman–Crippen MR) is 94.7 cm³/mol. The fourth-order valence-electron chi connectivity index (χ4n) is 4.01. The molecule has 3 saturated carbocycles. The van der Waals surface area contributed by atoms with Crippen molar-refractivity contribution in [3.63, 3.8) is 0 Å². The van der Waals surface area contributed by atoms with E-state index in [0.717, 1.165) is 77.0 Å². The van der Waals surface area contributed by atoms with Crippen molar-refractivity contribution in [2.24, 2.45) is 17.8 Å². The van der Waals surface area contributed by atoms with Crippen LogP contribution in [0.5, 0.6) is 0 Å². The number of rotatable bonds is 3. The Kier molecular flexibility index (Phi) is 16.2. The second-order valence-corrected chi connectivity index (χ2v) is 7.96. The Hall–Kier alpha value is -0.395. The minimum atomic E-state index is -0.852. The first kappa shape index (κ1) is 27.6. The van der Waals surface area contributed by atoms with E-state index < -0.39 is 17.9 Å². The zero-order valence-electron chi connectivity index (χ0n) is 16.9. The fraction of sp³-hybridized carbons (Fsp3) is 0.857. The van der Waals surface area contributed by atoms with Crippen LogP contribution in [0.1, 0.15) is 96.3 Å². The second-order valence-electron chi connectivity index (χ2n) is 7.96. The van der Waals surface area contributed by atoms with Crippen molar-refractivity contribution in [1.82, 2.24) is 0 Å². The van der Waals surface area contributed by atoms with Crippen LogP contribution in [0.2, 0.25) is 0 Å². The molecule has 0 saturated heterocycles. The Morgan fingerprint density at radius 3 is 0.714 bits per heavy atom. The molecule has 0 aromatic carbocycles. The van der Waals surface area contributed by atoms with Gasteiger partial charge in [-0.2, -0.15) is 0 Å². The molecule has 0 spiro atoms. The van der Waals surface area contributed by atoms with Crippen LogP contribution < -0.4 is 15.3 Å². The summed E-state index contributed by atoms with van der Waals surface area (Å²) in [5, 5.41) is 30.7. The largest absolute Gasteiger partial charge is 3.00 e. The minimum absolute atomic E-state index is 0. The first-order valence-corrected chi connectivity index (χ1v) is 10.5. The van der Waals surface area contributed by atoms with Crippen LogP contribution in [0, 0.1) is 53.4 Å². The first-order valence-electron chi connectivity index (χ1n) is 10.5. The fourth-order valence-corrected chi connectivity index (χ4v) is 4.01. The molecular formula is C21H33LaO6. The van der Waals surface area contributed by atoms with Gasteiger partial charge in [-0.15, -0.1) is 0 Å². The van der Waals surface area contributed by atoms with Crippen molar-refractivity contribution >= 4 is 17.9 Å². The Morgan fingerprint density at radius 1 is 0.429 bits per heavy atom. The molecule has 156 valence electrons. The SMILES string of the molecule is O=C([O-])C1CCCCC1.O=C([O-])C1CCCCC1.O=C([O-])C1CCCCC1.[La+3]. The molecule has 3 aliphatic carbocycles. The molecule has 3 aliphatic rings. The Labute approximate surface area is 196 Å². The molecule has 0 heterocycles. The molecule has 3 fully saturated rings. The maximum atomic E-state index is 10.2. The molecular weight excluding hydrogens is 487 g/mol. The van der Waals surface area contributed by atoms with Gasteiger partial charge in [-0.1, -0.05) is 57.8 Å². The Balaban J connectivity index is 0.000000384. The molecule has 0 N–H and O–H groups in total. The third kappa shape index (κ3) is 12.2. The Bertz CT molecular complexity index is 383. The van der Waals surface area contributed by atoms with E-state index in [2.05, 4.69) is 0 Å². The van der Waals surface area contributed by atoms with Crippen molar-refractivity contribution in [1.29, 1.82) is 0 Å². The van der Waals surface area contributed by atoms with Gasteiger partial charge >= 0.3 is 35.6 Å². The molecule has 0 atom stereocenters. The van der Waals surface area contributed by atoms with Gasteiger partial charge in [0, 0.05) is 17.9 Å². The molecule has 3 rings (SSSR count).